The number of fused-ring (bicyclic) bond motifs is 1. The van der Waals surface area contributed by atoms with Gasteiger partial charge in [-0.3, -0.25) is 0 Å². The van der Waals surface area contributed by atoms with Gasteiger partial charge >= 0.3 is 0 Å². The first kappa shape index (κ1) is 6.02. The molecule has 2 rings (SSSR count). The second kappa shape index (κ2) is 2.49. The molecule has 1 heteroatoms. The van der Waals surface area contributed by atoms with Crippen LogP contribution in [0.5, 0.6) is 0 Å². The Morgan fingerprint density at radius 2 is 2.60 bits per heavy atom. The van der Waals surface area contributed by atoms with E-state index in [0.29, 0.717) is 0 Å². The minimum Gasteiger partial charge on any atom is -0.358 e. The molecule has 1 nitrogen and oxygen atoms in total. The van der Waals surface area contributed by atoms with Crippen molar-refractivity contribution >= 4 is 0 Å². The zero-order valence-electron chi connectivity index (χ0n) is 6.06. The molecule has 0 saturated heterocycles. The molecular formula is C9H12N. The van der Waals surface area contributed by atoms with Gasteiger partial charge in [-0.2, -0.15) is 0 Å². The average Bonchev–Trinajstić information content (AvgIpc) is 2.05. The highest BCUT2D eigenvalue weighted by molar-refractivity contribution is 5.13. The van der Waals surface area contributed by atoms with Crippen molar-refractivity contribution in [2.75, 3.05) is 0 Å². The summed E-state index contributed by atoms with van der Waals surface area (Å²) in [5.74, 6) is 0.787. The molecule has 2 aliphatic rings. The summed E-state index contributed by atoms with van der Waals surface area (Å²) in [5.41, 5.74) is 1.41. The van der Waals surface area contributed by atoms with Gasteiger partial charge in [0.25, 0.3) is 0 Å². The van der Waals surface area contributed by atoms with E-state index in [1.54, 1.807) is 0 Å². The Bertz CT molecular complexity index is 179. The average molecular weight is 134 g/mol. The zero-order valence-corrected chi connectivity index (χ0v) is 6.06. The first-order valence-electron chi connectivity index (χ1n) is 4.00. The third kappa shape index (κ3) is 0.962. The minimum absolute atomic E-state index is 0.787. The summed E-state index contributed by atoms with van der Waals surface area (Å²) in [4.78, 5) is 0. The lowest BCUT2D eigenvalue weighted by molar-refractivity contribution is 0.479. The van der Waals surface area contributed by atoms with Gasteiger partial charge < -0.3 is 5.32 Å². The molecule has 0 aromatic carbocycles. The lowest BCUT2D eigenvalue weighted by atomic mass is 9.88. The van der Waals surface area contributed by atoms with Gasteiger partial charge in [-0.1, -0.05) is 12.2 Å². The van der Waals surface area contributed by atoms with E-state index in [2.05, 4.69) is 23.7 Å². The quantitative estimate of drug-likeness (QED) is 0.534. The predicted octanol–water partition coefficient (Wildman–Crippen LogP) is 1.98. The van der Waals surface area contributed by atoms with Crippen molar-refractivity contribution in [3.8, 4) is 0 Å². The Morgan fingerprint density at radius 1 is 1.60 bits per heavy atom. The lowest BCUT2D eigenvalue weighted by Crippen LogP contribution is -2.21. The van der Waals surface area contributed by atoms with E-state index in [4.69, 9.17) is 0 Å². The maximum atomic E-state index is 3.18. The standard InChI is InChI=1S/C9H12N/c1-2-6-9-8(4-1)5-3-7-10-9/h3,6,8,10H,1-2,4-5H2. The molecule has 0 saturated carbocycles. The van der Waals surface area contributed by atoms with E-state index < -0.39 is 0 Å². The fourth-order valence-corrected chi connectivity index (χ4v) is 1.68. The van der Waals surface area contributed by atoms with Crippen LogP contribution in [0.4, 0.5) is 0 Å². The highest BCUT2D eigenvalue weighted by Crippen LogP contribution is 2.27. The fraction of sp³-hybridized carbons (Fsp3) is 0.556. The molecular weight excluding hydrogens is 122 g/mol. The molecule has 1 aliphatic heterocycles. The molecule has 1 N–H and O–H groups in total. The van der Waals surface area contributed by atoms with Gasteiger partial charge in [0, 0.05) is 11.6 Å². The highest BCUT2D eigenvalue weighted by atomic mass is 14.9. The van der Waals surface area contributed by atoms with E-state index in [1.165, 1.54) is 31.4 Å². The molecule has 1 radical (unpaired) electrons. The molecule has 0 aromatic heterocycles. The van der Waals surface area contributed by atoms with Crippen LogP contribution in [-0.2, 0) is 0 Å². The molecule has 0 amide bonds. The van der Waals surface area contributed by atoms with Crippen molar-refractivity contribution in [2.45, 2.75) is 25.7 Å². The number of hydrogen-bond acceptors (Lipinski definition) is 1. The molecule has 0 bridgehead atoms. The number of hydrogen-bond donors (Lipinski definition) is 1. The van der Waals surface area contributed by atoms with Crippen LogP contribution in [0.2, 0.25) is 0 Å². The van der Waals surface area contributed by atoms with E-state index in [0.717, 1.165) is 5.92 Å². The summed E-state index contributed by atoms with van der Waals surface area (Å²) in [6, 6.07) is 0. The van der Waals surface area contributed by atoms with E-state index in [9.17, 15) is 0 Å². The molecule has 0 aromatic rings. The largest absolute Gasteiger partial charge is 0.358 e. The fourth-order valence-electron chi connectivity index (χ4n) is 1.68. The Hall–Kier alpha value is -0.720. The molecule has 1 aliphatic carbocycles. The monoisotopic (exact) mass is 134 g/mol. The summed E-state index contributed by atoms with van der Waals surface area (Å²) in [7, 11) is 0. The summed E-state index contributed by atoms with van der Waals surface area (Å²) in [5, 5.41) is 3.18. The van der Waals surface area contributed by atoms with E-state index in [1.807, 2.05) is 0 Å². The van der Waals surface area contributed by atoms with Gasteiger partial charge in [0.1, 0.15) is 0 Å². The Labute approximate surface area is 61.8 Å². The first-order valence-corrected chi connectivity index (χ1v) is 4.00. The van der Waals surface area contributed by atoms with Gasteiger partial charge in [-0.25, -0.2) is 0 Å². The third-order valence-electron chi connectivity index (χ3n) is 2.28. The van der Waals surface area contributed by atoms with Gasteiger partial charge in [0.15, 0.2) is 0 Å². The van der Waals surface area contributed by atoms with Crippen LogP contribution in [0.25, 0.3) is 0 Å². The number of allylic oxidation sites excluding steroid dienone is 3. The number of rotatable bonds is 0. The van der Waals surface area contributed by atoms with Crippen LogP contribution in [-0.4, -0.2) is 0 Å². The predicted molar refractivity (Wildman–Crippen MR) is 41.0 cm³/mol. The normalized spacial score (nSPS) is 30.4. The van der Waals surface area contributed by atoms with E-state index in [-0.39, 0.29) is 0 Å². The van der Waals surface area contributed by atoms with Crippen molar-refractivity contribution in [1.29, 1.82) is 0 Å². The maximum Gasteiger partial charge on any atom is 0.0577 e. The topological polar surface area (TPSA) is 12.0 Å². The first-order chi connectivity index (χ1) is 4.97. The summed E-state index contributed by atoms with van der Waals surface area (Å²) in [6.45, 7) is 0. The third-order valence-corrected chi connectivity index (χ3v) is 2.28. The molecule has 10 heavy (non-hydrogen) atoms. The second-order valence-electron chi connectivity index (χ2n) is 3.00. The SMILES string of the molecule is [C]1=CCC2CCCC=C2N1. The van der Waals surface area contributed by atoms with Crippen molar-refractivity contribution < 1.29 is 0 Å². The second-order valence-corrected chi connectivity index (χ2v) is 3.00. The van der Waals surface area contributed by atoms with Gasteiger partial charge in [-0.15, -0.1) is 0 Å². The van der Waals surface area contributed by atoms with Crippen molar-refractivity contribution in [2.24, 2.45) is 5.92 Å². The summed E-state index contributed by atoms with van der Waals surface area (Å²) in [6.07, 6.45) is 12.6. The molecule has 0 spiro atoms. The van der Waals surface area contributed by atoms with Crippen molar-refractivity contribution in [3.05, 3.63) is 24.0 Å². The van der Waals surface area contributed by atoms with Crippen LogP contribution in [0, 0.1) is 12.1 Å². The van der Waals surface area contributed by atoms with Crippen LogP contribution in [0.15, 0.2) is 17.8 Å². The molecule has 0 fully saturated rings. The van der Waals surface area contributed by atoms with Gasteiger partial charge in [0.05, 0.1) is 6.20 Å². The molecule has 53 valence electrons. The van der Waals surface area contributed by atoms with Gasteiger partial charge in [0.2, 0.25) is 0 Å². The van der Waals surface area contributed by atoms with Crippen LogP contribution in [0.3, 0.4) is 0 Å². The van der Waals surface area contributed by atoms with Gasteiger partial charge in [-0.05, 0) is 25.7 Å². The molecule has 1 unspecified atom stereocenters. The minimum atomic E-state index is 0.787. The zero-order chi connectivity index (χ0) is 6.81. The molecule has 1 atom stereocenters. The highest BCUT2D eigenvalue weighted by Gasteiger charge is 2.17. The Balaban J connectivity index is 2.17. The van der Waals surface area contributed by atoms with Crippen LogP contribution < -0.4 is 5.32 Å². The maximum absolute atomic E-state index is 3.18. The summed E-state index contributed by atoms with van der Waals surface area (Å²) >= 11 is 0. The van der Waals surface area contributed by atoms with E-state index >= 15 is 0 Å². The Morgan fingerprint density at radius 3 is 3.50 bits per heavy atom. The van der Waals surface area contributed by atoms with Crippen LogP contribution >= 0.6 is 0 Å². The van der Waals surface area contributed by atoms with Crippen LogP contribution in [0.1, 0.15) is 25.7 Å². The van der Waals surface area contributed by atoms with Crippen molar-refractivity contribution in [1.82, 2.24) is 5.32 Å². The Kier molecular flexibility index (Phi) is 1.50. The van der Waals surface area contributed by atoms with Crippen molar-refractivity contribution in [3.63, 3.8) is 0 Å². The summed E-state index contributed by atoms with van der Waals surface area (Å²) < 4.78 is 0. The lowest BCUT2D eigenvalue weighted by Gasteiger charge is -2.25. The number of nitrogens with one attached hydrogen (secondary N) is 1. The molecule has 1 heterocycles. The smallest absolute Gasteiger partial charge is 0.0577 e.